The predicted octanol–water partition coefficient (Wildman–Crippen LogP) is 5.64. The molecule has 0 spiro atoms. The van der Waals surface area contributed by atoms with E-state index in [1.54, 1.807) is 14.2 Å². The lowest BCUT2D eigenvalue weighted by atomic mass is 10.1. The number of aromatic nitrogens is 4. The Bertz CT molecular complexity index is 2070. The molecule has 3 aliphatic heterocycles. The van der Waals surface area contributed by atoms with Gasteiger partial charge in [0.1, 0.15) is 47.3 Å². The predicted molar refractivity (Wildman–Crippen MR) is 187 cm³/mol. The van der Waals surface area contributed by atoms with Crippen molar-refractivity contribution < 1.29 is 28.5 Å². The normalized spacial score (nSPS) is 22.6. The zero-order valence-corrected chi connectivity index (χ0v) is 29.1. The van der Waals surface area contributed by atoms with Crippen molar-refractivity contribution in [3.8, 4) is 11.5 Å². The van der Waals surface area contributed by atoms with Crippen LogP contribution in [0.3, 0.4) is 0 Å². The summed E-state index contributed by atoms with van der Waals surface area (Å²) in [6.45, 7) is 6.13. The summed E-state index contributed by atoms with van der Waals surface area (Å²) >= 11 is 3.72. The molecular formula is C35H36BrN7O6. The van der Waals surface area contributed by atoms with Crippen molar-refractivity contribution in [2.75, 3.05) is 42.8 Å². The fourth-order valence-electron chi connectivity index (χ4n) is 6.68. The molecule has 2 aromatic carbocycles. The first-order valence-corrected chi connectivity index (χ1v) is 16.9. The second kappa shape index (κ2) is 12.4. The molecule has 0 unspecified atom stereocenters. The first-order valence-electron chi connectivity index (χ1n) is 16.1. The zero-order chi connectivity index (χ0) is 33.9. The van der Waals surface area contributed by atoms with E-state index in [0.717, 1.165) is 45.2 Å². The standard InChI is InChI=1S/C35H36BrN7O6/c1-35(2)48-28-29(33(44)40-21-9-6-19-8-11-26(41-24(19)14-21)42-12-5-13-42)47-34(30(28)49-35)43-17-23(36)27-31(38-18-39-32(27)43)37-16-20-7-10-22(45-3)15-25(20)46-4/h6-11,14-15,17-18,28-30,34H,5,12-13,16H2,1-4H3,(H,40,44)(H,37,38,39)/t28-,29+,30-,34-/m1/s1. The highest BCUT2D eigenvalue weighted by Gasteiger charge is 2.58. The summed E-state index contributed by atoms with van der Waals surface area (Å²) in [5, 5.41) is 8.21. The number of pyridine rings is 1. The third-order valence-electron chi connectivity index (χ3n) is 9.19. The number of nitrogens with one attached hydrogen (secondary N) is 2. The van der Waals surface area contributed by atoms with Gasteiger partial charge < -0.3 is 43.8 Å². The van der Waals surface area contributed by atoms with Crippen molar-refractivity contribution in [1.82, 2.24) is 19.5 Å². The Balaban J connectivity index is 1.06. The lowest BCUT2D eigenvalue weighted by Crippen LogP contribution is -2.39. The van der Waals surface area contributed by atoms with E-state index in [0.29, 0.717) is 35.2 Å². The van der Waals surface area contributed by atoms with Crippen LogP contribution in [0.25, 0.3) is 21.9 Å². The molecule has 4 atom stereocenters. The summed E-state index contributed by atoms with van der Waals surface area (Å²) in [5.41, 5.74) is 2.96. The Morgan fingerprint density at radius 1 is 1.04 bits per heavy atom. The third-order valence-corrected chi connectivity index (χ3v) is 9.79. The van der Waals surface area contributed by atoms with Crippen molar-refractivity contribution in [3.63, 3.8) is 0 Å². The summed E-state index contributed by atoms with van der Waals surface area (Å²) in [7, 11) is 3.24. The number of fused-ring (bicyclic) bond motifs is 3. The molecule has 254 valence electrons. The van der Waals surface area contributed by atoms with Crippen molar-refractivity contribution in [2.24, 2.45) is 0 Å². The van der Waals surface area contributed by atoms with E-state index in [-0.39, 0.29) is 5.91 Å². The number of anilines is 3. The highest BCUT2D eigenvalue weighted by Crippen LogP contribution is 2.45. The molecule has 8 rings (SSSR count). The fourth-order valence-corrected chi connectivity index (χ4v) is 7.26. The summed E-state index contributed by atoms with van der Waals surface area (Å²) < 4.78 is 32.7. The van der Waals surface area contributed by atoms with E-state index in [4.69, 9.17) is 28.7 Å². The van der Waals surface area contributed by atoms with Crippen LogP contribution < -0.4 is 25.0 Å². The van der Waals surface area contributed by atoms with Crippen molar-refractivity contribution in [1.29, 1.82) is 0 Å². The fraction of sp³-hybridized carbons (Fsp3) is 0.371. The zero-order valence-electron chi connectivity index (χ0n) is 27.5. The molecule has 0 bridgehead atoms. The van der Waals surface area contributed by atoms with Crippen molar-refractivity contribution in [2.45, 2.75) is 57.1 Å². The van der Waals surface area contributed by atoms with Crippen LogP contribution in [0.15, 0.2) is 65.5 Å². The number of halogens is 1. The average Bonchev–Trinajstić information content (AvgIpc) is 3.70. The largest absolute Gasteiger partial charge is 0.497 e. The van der Waals surface area contributed by atoms with Crippen molar-refractivity contribution >= 4 is 61.1 Å². The van der Waals surface area contributed by atoms with Gasteiger partial charge in [-0.25, -0.2) is 15.0 Å². The quantitative estimate of drug-likeness (QED) is 0.195. The smallest absolute Gasteiger partial charge is 0.256 e. The SMILES string of the molecule is COc1ccc(CNc2ncnc3c2c(Br)cn3[C@@H]2O[C@H](C(=O)Nc3ccc4ccc(N5CCC5)nc4c3)[C@H]3OC(C)(C)O[C@H]32)c(OC)c1. The minimum absolute atomic E-state index is 0.335. The maximum atomic E-state index is 13.9. The van der Waals surface area contributed by atoms with Gasteiger partial charge in [-0.2, -0.15) is 0 Å². The maximum absolute atomic E-state index is 13.9. The van der Waals surface area contributed by atoms with Crippen LogP contribution in [-0.2, 0) is 25.5 Å². The minimum atomic E-state index is -0.953. The lowest BCUT2D eigenvalue weighted by Gasteiger charge is -2.32. The Morgan fingerprint density at radius 3 is 2.63 bits per heavy atom. The molecule has 5 aromatic rings. The number of carbonyl (C=O) groups is 1. The van der Waals surface area contributed by atoms with E-state index < -0.39 is 30.3 Å². The molecule has 2 N–H and O–H groups in total. The monoisotopic (exact) mass is 729 g/mol. The molecule has 1 amide bonds. The number of amides is 1. The van der Waals surface area contributed by atoms with Gasteiger partial charge in [0.05, 0.1) is 25.1 Å². The van der Waals surface area contributed by atoms with E-state index in [1.165, 1.54) is 12.7 Å². The minimum Gasteiger partial charge on any atom is -0.497 e. The molecule has 14 heteroatoms. The van der Waals surface area contributed by atoms with Gasteiger partial charge >= 0.3 is 0 Å². The summed E-state index contributed by atoms with van der Waals surface area (Å²) in [4.78, 5) is 30.1. The summed E-state index contributed by atoms with van der Waals surface area (Å²) in [5.74, 6) is 1.70. The number of benzene rings is 2. The lowest BCUT2D eigenvalue weighted by molar-refractivity contribution is -0.196. The Hall–Kier alpha value is -4.50. The Morgan fingerprint density at radius 2 is 1.86 bits per heavy atom. The molecule has 3 aliphatic rings. The molecular weight excluding hydrogens is 694 g/mol. The van der Waals surface area contributed by atoms with Crippen LogP contribution >= 0.6 is 15.9 Å². The van der Waals surface area contributed by atoms with Crippen LogP contribution in [-0.4, -0.2) is 76.8 Å². The number of hydrogen-bond donors (Lipinski definition) is 2. The first kappa shape index (κ1) is 31.7. The number of carbonyl (C=O) groups excluding carboxylic acids is 1. The van der Waals surface area contributed by atoms with Crippen molar-refractivity contribution in [3.05, 3.63) is 71.1 Å². The van der Waals surface area contributed by atoms with E-state index in [9.17, 15) is 4.79 Å². The number of rotatable bonds is 9. The van der Waals surface area contributed by atoms with Gasteiger partial charge in [0.2, 0.25) is 0 Å². The van der Waals surface area contributed by atoms with Gasteiger partial charge in [-0.1, -0.05) is 6.07 Å². The topological polar surface area (TPSA) is 134 Å². The van der Waals surface area contributed by atoms with Crippen LogP contribution in [0.2, 0.25) is 0 Å². The molecule has 49 heavy (non-hydrogen) atoms. The molecule has 0 saturated carbocycles. The van der Waals surface area contributed by atoms with Crippen LogP contribution in [0, 0.1) is 0 Å². The first-order chi connectivity index (χ1) is 23.7. The van der Waals surface area contributed by atoms with Gasteiger partial charge in [0, 0.05) is 53.0 Å². The van der Waals surface area contributed by atoms with E-state index in [1.807, 2.05) is 67.1 Å². The maximum Gasteiger partial charge on any atom is 0.256 e. The summed E-state index contributed by atoms with van der Waals surface area (Å²) in [6, 6.07) is 15.5. The molecule has 3 aromatic heterocycles. The Kier molecular flexibility index (Phi) is 8.05. The number of methoxy groups -OCH3 is 2. The van der Waals surface area contributed by atoms with Crippen LogP contribution in [0.5, 0.6) is 11.5 Å². The number of hydrogen-bond acceptors (Lipinski definition) is 11. The molecule has 0 aliphatic carbocycles. The number of nitrogens with zero attached hydrogens (tertiary/aromatic N) is 5. The van der Waals surface area contributed by atoms with Gasteiger partial charge in [0.15, 0.2) is 18.1 Å². The average molecular weight is 731 g/mol. The second-order valence-electron chi connectivity index (χ2n) is 12.8. The molecule has 0 radical (unpaired) electrons. The van der Waals surface area contributed by atoms with Gasteiger partial charge in [-0.3, -0.25) is 4.79 Å². The van der Waals surface area contributed by atoms with E-state index >= 15 is 0 Å². The third kappa shape index (κ3) is 5.82. The van der Waals surface area contributed by atoms with Crippen LogP contribution in [0.4, 0.5) is 17.3 Å². The second-order valence-corrected chi connectivity index (χ2v) is 13.6. The summed E-state index contributed by atoms with van der Waals surface area (Å²) in [6.07, 6.45) is 1.63. The molecule has 13 nitrogen and oxygen atoms in total. The molecule has 3 fully saturated rings. The van der Waals surface area contributed by atoms with Gasteiger partial charge in [-0.15, -0.1) is 0 Å². The number of ether oxygens (including phenoxy) is 5. The Labute approximate surface area is 291 Å². The van der Waals surface area contributed by atoms with Crippen LogP contribution in [0.1, 0.15) is 32.1 Å². The van der Waals surface area contributed by atoms with Gasteiger partial charge in [0.25, 0.3) is 5.91 Å². The van der Waals surface area contributed by atoms with Gasteiger partial charge in [-0.05, 0) is 72.6 Å². The van der Waals surface area contributed by atoms with E-state index in [2.05, 4.69) is 47.5 Å². The molecule has 3 saturated heterocycles. The molecule has 6 heterocycles. The highest BCUT2D eigenvalue weighted by molar-refractivity contribution is 9.10. The highest BCUT2D eigenvalue weighted by atomic mass is 79.9.